The van der Waals surface area contributed by atoms with Crippen molar-refractivity contribution in [1.82, 2.24) is 4.57 Å². The molecule has 0 radical (unpaired) electrons. The van der Waals surface area contributed by atoms with Gasteiger partial charge in [-0.1, -0.05) is 106 Å². The van der Waals surface area contributed by atoms with Gasteiger partial charge in [0.25, 0.3) is 0 Å². The van der Waals surface area contributed by atoms with Gasteiger partial charge in [-0.3, -0.25) is 0 Å². The lowest BCUT2D eigenvalue weighted by atomic mass is 9.44. The van der Waals surface area contributed by atoms with Gasteiger partial charge in [0.15, 0.2) is 0 Å². The van der Waals surface area contributed by atoms with Gasteiger partial charge in [-0.15, -0.1) is 34.0 Å². The average molecular weight is 793 g/mol. The Morgan fingerprint density at radius 3 is 1.69 bits per heavy atom. The van der Waals surface area contributed by atoms with E-state index in [1.165, 1.54) is 127 Å². The highest BCUT2D eigenvalue weighted by molar-refractivity contribution is 7.26. The van der Waals surface area contributed by atoms with Crippen molar-refractivity contribution in [3.8, 4) is 16.8 Å². The molecule has 2 aliphatic heterocycles. The van der Waals surface area contributed by atoms with Gasteiger partial charge >= 0.3 is 6.85 Å². The second-order valence-electron chi connectivity index (χ2n) is 17.3. The molecule has 0 atom stereocenters. The molecule has 2 nitrogen and oxygen atoms in total. The molecule has 0 fully saturated rings. The minimum absolute atomic E-state index is 0.0362. The summed E-state index contributed by atoms with van der Waals surface area (Å²) in [6.07, 6.45) is 0. The Labute approximate surface area is 346 Å². The van der Waals surface area contributed by atoms with E-state index in [4.69, 9.17) is 0 Å². The van der Waals surface area contributed by atoms with Crippen LogP contribution in [0.1, 0.15) is 26.3 Å². The van der Waals surface area contributed by atoms with Gasteiger partial charge in [-0.25, -0.2) is 0 Å². The first kappa shape index (κ1) is 32.1. The van der Waals surface area contributed by atoms with Crippen LogP contribution >= 0.6 is 34.0 Å². The number of fused-ring (bicyclic) bond motifs is 17. The third kappa shape index (κ3) is 4.07. The average Bonchev–Trinajstić information content (AvgIpc) is 3.99. The van der Waals surface area contributed by atoms with Crippen LogP contribution < -0.4 is 15.7 Å². The quantitative estimate of drug-likeness (QED) is 0.150. The van der Waals surface area contributed by atoms with Gasteiger partial charge in [0.05, 0.1) is 11.0 Å². The molecule has 6 heteroatoms. The third-order valence-electron chi connectivity index (χ3n) is 13.1. The second kappa shape index (κ2) is 11.0. The summed E-state index contributed by atoms with van der Waals surface area (Å²) in [5.74, 6) is 0. The fourth-order valence-electron chi connectivity index (χ4n) is 10.4. The Morgan fingerprint density at radius 2 is 1.03 bits per heavy atom. The molecule has 14 rings (SSSR count). The number of hydrogen-bond acceptors (Lipinski definition) is 4. The zero-order valence-electron chi connectivity index (χ0n) is 32.1. The van der Waals surface area contributed by atoms with Crippen LogP contribution in [0.25, 0.3) is 99.1 Å². The first-order chi connectivity index (χ1) is 28.4. The summed E-state index contributed by atoms with van der Waals surface area (Å²) in [7, 11) is 0. The molecule has 58 heavy (non-hydrogen) atoms. The molecule has 12 aromatic rings. The van der Waals surface area contributed by atoms with Gasteiger partial charge in [0.1, 0.15) is 0 Å². The topological polar surface area (TPSA) is 8.17 Å². The minimum Gasteiger partial charge on any atom is -0.376 e. The fourth-order valence-corrected chi connectivity index (χ4v) is 13.8. The monoisotopic (exact) mass is 792 g/mol. The van der Waals surface area contributed by atoms with E-state index in [-0.39, 0.29) is 12.3 Å². The summed E-state index contributed by atoms with van der Waals surface area (Å²) >= 11 is 5.73. The van der Waals surface area contributed by atoms with Gasteiger partial charge in [-0.2, -0.15) is 0 Å². The highest BCUT2D eigenvalue weighted by Gasteiger charge is 2.44. The van der Waals surface area contributed by atoms with Crippen molar-refractivity contribution < 1.29 is 0 Å². The molecule has 0 saturated heterocycles. The molecule has 8 aromatic carbocycles. The van der Waals surface area contributed by atoms with Gasteiger partial charge in [-0.05, 0) is 88.1 Å². The maximum absolute atomic E-state index is 2.70. The summed E-state index contributed by atoms with van der Waals surface area (Å²) in [4.78, 5) is 2.70. The lowest BCUT2D eigenvalue weighted by Gasteiger charge is -2.42. The van der Waals surface area contributed by atoms with E-state index >= 15 is 0 Å². The van der Waals surface area contributed by atoms with Crippen molar-refractivity contribution >= 4 is 145 Å². The van der Waals surface area contributed by atoms with E-state index in [0.29, 0.717) is 0 Å². The number of rotatable bonds is 1. The second-order valence-corrected chi connectivity index (χ2v) is 20.5. The first-order valence-corrected chi connectivity index (χ1v) is 22.6. The summed E-state index contributed by atoms with van der Waals surface area (Å²) in [5, 5.41) is 10.7. The zero-order chi connectivity index (χ0) is 38.2. The third-order valence-corrected chi connectivity index (χ3v) is 16.5. The maximum atomic E-state index is 2.70. The van der Waals surface area contributed by atoms with Crippen molar-refractivity contribution in [2.75, 3.05) is 4.81 Å². The molecule has 6 heterocycles. The number of hydrogen-bond donors (Lipinski definition) is 0. The molecule has 0 amide bonds. The van der Waals surface area contributed by atoms with Crippen molar-refractivity contribution in [2.24, 2.45) is 0 Å². The van der Waals surface area contributed by atoms with E-state index in [9.17, 15) is 0 Å². The molecule has 0 bridgehead atoms. The lowest BCUT2D eigenvalue weighted by Crippen LogP contribution is -2.60. The predicted octanol–water partition coefficient (Wildman–Crippen LogP) is 14.4. The normalized spacial score (nSPS) is 13.7. The van der Waals surface area contributed by atoms with Gasteiger partial charge in [0, 0.05) is 93.9 Å². The maximum Gasteiger partial charge on any atom is 0.333 e. The lowest BCUT2D eigenvalue weighted by molar-refractivity contribution is 0.590. The summed E-state index contributed by atoms with van der Waals surface area (Å²) in [6, 6.07) is 56.2. The molecule has 2 aliphatic rings. The van der Waals surface area contributed by atoms with Crippen LogP contribution in [-0.2, 0) is 5.41 Å². The van der Waals surface area contributed by atoms with E-state index in [1.54, 1.807) is 0 Å². The predicted molar refractivity (Wildman–Crippen MR) is 257 cm³/mol. The minimum atomic E-state index is -0.0362. The van der Waals surface area contributed by atoms with Crippen molar-refractivity contribution in [1.29, 1.82) is 0 Å². The molecular formula is C52H33BN2S3. The Hall–Kier alpha value is -5.92. The molecule has 0 N–H and O–H groups in total. The zero-order valence-corrected chi connectivity index (χ0v) is 34.5. The van der Waals surface area contributed by atoms with Crippen LogP contribution in [0, 0.1) is 0 Å². The Morgan fingerprint density at radius 1 is 0.448 bits per heavy atom. The van der Waals surface area contributed by atoms with Crippen LogP contribution in [0.15, 0.2) is 146 Å². The molecule has 0 saturated carbocycles. The molecule has 0 aliphatic carbocycles. The fraction of sp³-hybridized carbons (Fsp3) is 0.0769. The van der Waals surface area contributed by atoms with E-state index in [0.717, 1.165) is 0 Å². The Balaban J connectivity index is 1.17. The number of thiophene rings is 3. The smallest absolute Gasteiger partial charge is 0.333 e. The summed E-state index contributed by atoms with van der Waals surface area (Å²) < 4.78 is 10.7. The first-order valence-electron chi connectivity index (χ1n) is 20.1. The highest BCUT2D eigenvalue weighted by Crippen LogP contribution is 2.50. The molecule has 4 aromatic heterocycles. The van der Waals surface area contributed by atoms with Crippen LogP contribution in [0.3, 0.4) is 0 Å². The van der Waals surface area contributed by atoms with E-state index in [2.05, 4.69) is 176 Å². The standard InChI is InChI=1S/C52H33BN2S3/c1-52(2,3)28-16-18-29(19-17-28)55-42-24-39-32-12-6-9-15-46(32)56-47(39)25-35(42)33-20-21-34-36-26-48-38(31-11-5-8-14-45(31)57-48)23-41(36)54-43-27-49-37(30-10-4-7-13-44(30)58-49)22-40(43)53(55)50(33)51(34)54/h4-27H,1-3H3. The molecular weight excluding hydrogens is 760 g/mol. The van der Waals surface area contributed by atoms with Crippen molar-refractivity contribution in [3.05, 3.63) is 151 Å². The van der Waals surface area contributed by atoms with Crippen LogP contribution in [-0.4, -0.2) is 11.4 Å². The number of nitrogens with zero attached hydrogens (tertiary/aromatic N) is 2. The number of anilines is 2. The SMILES string of the molecule is CC(C)(C)c1ccc(N2B3c4cc5c(cc4-n4c6cc7c(cc6c6ccc(c3c64)-c3cc4sc6ccccc6c4cc32)sc2ccccc27)sc2ccccc25)cc1. The van der Waals surface area contributed by atoms with Crippen LogP contribution in [0.4, 0.5) is 11.4 Å². The highest BCUT2D eigenvalue weighted by atomic mass is 32.1. The Bertz CT molecular complexity index is 3800. The summed E-state index contributed by atoms with van der Waals surface area (Å²) in [5.41, 5.74) is 13.2. The largest absolute Gasteiger partial charge is 0.376 e. The van der Waals surface area contributed by atoms with Crippen LogP contribution in [0.2, 0.25) is 0 Å². The van der Waals surface area contributed by atoms with Crippen LogP contribution in [0.5, 0.6) is 0 Å². The number of aromatic nitrogens is 1. The van der Waals surface area contributed by atoms with Crippen molar-refractivity contribution in [3.63, 3.8) is 0 Å². The Kier molecular flexibility index (Phi) is 6.07. The van der Waals surface area contributed by atoms with Crippen molar-refractivity contribution in [2.45, 2.75) is 26.2 Å². The summed E-state index contributed by atoms with van der Waals surface area (Å²) in [6.45, 7) is 6.89. The molecule has 0 spiro atoms. The molecule has 0 unspecified atom stereocenters. The van der Waals surface area contributed by atoms with Gasteiger partial charge < -0.3 is 9.38 Å². The van der Waals surface area contributed by atoms with E-state index in [1.807, 2.05) is 34.0 Å². The van der Waals surface area contributed by atoms with E-state index < -0.39 is 0 Å². The number of benzene rings is 8. The van der Waals surface area contributed by atoms with Gasteiger partial charge in [0.2, 0.25) is 0 Å². The molecule has 272 valence electrons.